The molecule has 0 aliphatic rings. The van der Waals surface area contributed by atoms with Crippen molar-refractivity contribution in [3.05, 3.63) is 527 Å². The summed E-state index contributed by atoms with van der Waals surface area (Å²) in [7, 11) is 0. The first kappa shape index (κ1) is 61.4. The summed E-state index contributed by atoms with van der Waals surface area (Å²) in [5.41, 5.74) is 17.1. The van der Waals surface area contributed by atoms with E-state index in [4.69, 9.17) is 71.0 Å². The van der Waals surface area contributed by atoms with E-state index in [9.17, 15) is 0 Å². The van der Waals surface area contributed by atoms with Crippen molar-refractivity contribution >= 4 is 131 Å². The molecule has 0 N–H and O–H groups in total. The number of nitrogens with zero attached hydrogens (tertiary/aromatic N) is 15. The van der Waals surface area contributed by atoms with Crippen LogP contribution in [0.1, 0.15) is 41.1 Å². The molecule has 15 heteroatoms. The molecule has 9 heterocycles. The maximum Gasteiger partial charge on any atom is 0.238 e. The zero-order chi connectivity index (χ0) is 125. The van der Waals surface area contributed by atoms with E-state index in [0.717, 1.165) is 148 Å². The zero-order valence-corrected chi connectivity index (χ0v) is 78.6. The van der Waals surface area contributed by atoms with E-state index in [-0.39, 0.29) is 86.2 Å². The Balaban J connectivity index is 0.000000123. The molecule has 0 unspecified atom stereocenters. The van der Waals surface area contributed by atoms with Gasteiger partial charge in [-0.1, -0.05) is 424 Å². The lowest BCUT2D eigenvalue weighted by Gasteiger charge is -2.14. The Kier molecular flexibility index (Phi) is 15.2. The SMILES string of the molecule is [2H]c1c([2H])c([2H])c(-c2nc(-c3c([2H])c([2H])c([2H])c([2H])c3[2H])nc(-n3c4ccccc4c4cc5c(cc43)c3ccccc3n5-c3ccc(-c4ccccc4)cc3)n2)c([2H])c1[2H].[2H]c1c([2H])c([2H])c(-c2nc(-c3c([2H])c([2H])c([2H])c([2H])c3[2H])nc(-n3c4ccccc4c4cc5c(cc43)c3ccccc3n5-c3cccc(-c4ccccc4)c3)n2)c([2H])c1[2H].[2H]c1c([2H])c([2H])c(-c2nc(-c3c([2H])c([2H])c([2H])c([2H])c3[2H])nc(-n3c4ccccc4c4cc5c(cc43)c3ccccc3n5-c3ccccc3-c3ccccc3)n2)c([2H])c1[2H]. The molecule has 15 nitrogen and oxygen atoms in total. The lowest BCUT2D eigenvalue weighted by Crippen LogP contribution is -2.06. The Labute approximate surface area is 903 Å². The molecule has 0 aliphatic heterocycles. The second kappa shape index (κ2) is 37.0. The molecule has 0 saturated carbocycles. The van der Waals surface area contributed by atoms with Crippen molar-refractivity contribution in [2.45, 2.75) is 0 Å². The number of rotatable bonds is 15. The standard InChI is InChI=1S/3C45H29N5/c1-4-16-30(17-5-1)33-22-10-13-25-38(33)49-39-26-14-11-23-34(39)36-29-42-37(28-41(36)49)35-24-12-15-27-40(35)50(42)45-47-43(31-18-6-2-7-19-31)46-44(48-45)32-20-8-3-9-21-32;1-4-15-30(16-5-1)33-21-14-22-34(27-33)49-39-25-12-10-23-35(39)37-29-42-38(28-41(37)49)36-24-11-13-26-40(36)50(42)45-47-43(31-17-6-2-7-18-31)46-44(48-45)32-19-8-3-9-20-32;1-4-14-30(15-5-1)31-24-26-34(27-25-31)49-39-22-12-10-20-35(39)37-29-42-38(28-41(37)49)36-21-11-13-23-40(36)50(42)45-47-43(32-16-6-2-7-17-32)46-44(48-45)33-18-8-3-9-19-33/h3*1-29H/i2D,3D,6D,7D,8D,9D,18D,19D,20D,21D;2D,3D,6D,7D,8D,9D,17D,18D,19D,20D;2D,3D,6D,7D,8D,9D,16D,17D,18D,19D. The molecule has 150 heavy (non-hydrogen) atoms. The highest BCUT2D eigenvalue weighted by molar-refractivity contribution is 6.23. The van der Waals surface area contributed by atoms with Gasteiger partial charge >= 0.3 is 0 Å². The molecule has 30 aromatic rings. The molecular weight excluding hydrogens is 1830 g/mol. The summed E-state index contributed by atoms with van der Waals surface area (Å²) in [4.78, 5) is 42.1. The van der Waals surface area contributed by atoms with Crippen molar-refractivity contribution in [2.24, 2.45) is 0 Å². The molecule has 702 valence electrons. The van der Waals surface area contributed by atoms with Crippen LogP contribution >= 0.6 is 0 Å². The van der Waals surface area contributed by atoms with Gasteiger partial charge in [-0.2, -0.15) is 29.9 Å². The van der Waals surface area contributed by atoms with E-state index in [1.54, 1.807) is 13.7 Å². The summed E-state index contributed by atoms with van der Waals surface area (Å²) in [5.74, 6) is -2.17. The lowest BCUT2D eigenvalue weighted by molar-refractivity contribution is 0.953. The minimum Gasteiger partial charge on any atom is -0.309 e. The van der Waals surface area contributed by atoms with Crippen LogP contribution in [-0.4, -0.2) is 72.3 Å². The smallest absolute Gasteiger partial charge is 0.238 e. The number of aromatic nitrogens is 15. The number of hydrogen-bond donors (Lipinski definition) is 0. The van der Waals surface area contributed by atoms with Gasteiger partial charge in [-0.15, -0.1) is 0 Å². The highest BCUT2D eigenvalue weighted by Gasteiger charge is 2.28. The molecule has 0 amide bonds. The zero-order valence-electron chi connectivity index (χ0n) is 109. The molecule has 0 aliphatic carbocycles. The summed E-state index contributed by atoms with van der Waals surface area (Å²) in [5, 5.41) is 10.7. The van der Waals surface area contributed by atoms with Crippen LogP contribution in [0.4, 0.5) is 0 Å². The summed E-state index contributed by atoms with van der Waals surface area (Å²) in [6, 6.07) is 97.6. The van der Waals surface area contributed by atoms with E-state index in [1.165, 1.54) is 0 Å². The topological polar surface area (TPSA) is 146 Å². The highest BCUT2D eigenvalue weighted by Crippen LogP contribution is 2.47. The minimum absolute atomic E-state index is 0.0561. The van der Waals surface area contributed by atoms with Gasteiger partial charge in [0.1, 0.15) is 0 Å². The van der Waals surface area contributed by atoms with Crippen LogP contribution in [0.2, 0.25) is 0 Å². The lowest BCUT2D eigenvalue weighted by atomic mass is 10.0. The van der Waals surface area contributed by atoms with Crippen LogP contribution in [0.3, 0.4) is 0 Å². The molecule has 9 aromatic heterocycles. The second-order valence-corrected chi connectivity index (χ2v) is 35.3. The van der Waals surface area contributed by atoms with Gasteiger partial charge in [0.15, 0.2) is 34.9 Å². The molecule has 21 aromatic carbocycles. The summed E-state index contributed by atoms with van der Waals surface area (Å²) >= 11 is 0. The Morgan fingerprint density at radius 1 is 0.140 bits per heavy atom. The summed E-state index contributed by atoms with van der Waals surface area (Å²) in [6.45, 7) is 0. The summed E-state index contributed by atoms with van der Waals surface area (Å²) in [6.07, 6.45) is 0. The fourth-order valence-corrected chi connectivity index (χ4v) is 20.4. The van der Waals surface area contributed by atoms with Crippen molar-refractivity contribution in [3.8, 4) is 137 Å². The molecule has 0 radical (unpaired) electrons. The quantitative estimate of drug-likeness (QED) is 0.0979. The third-order valence-electron chi connectivity index (χ3n) is 26.9. The van der Waals surface area contributed by atoms with Gasteiger partial charge < -0.3 is 13.7 Å². The fraction of sp³-hybridized carbons (Fsp3) is 0. The van der Waals surface area contributed by atoms with Gasteiger partial charge in [-0.3, -0.25) is 13.7 Å². The van der Waals surface area contributed by atoms with Crippen LogP contribution in [0.25, 0.3) is 267 Å². The molecule has 30 rings (SSSR count). The van der Waals surface area contributed by atoms with Crippen molar-refractivity contribution in [3.63, 3.8) is 0 Å². The average Bonchev–Trinajstić information content (AvgIpc) is 1.55. The first-order valence-electron chi connectivity index (χ1n) is 62.9. The van der Waals surface area contributed by atoms with Gasteiger partial charge in [-0.05, 0) is 131 Å². The summed E-state index contributed by atoms with van der Waals surface area (Å²) < 4.78 is 268. The molecule has 0 atom stereocenters. The highest BCUT2D eigenvalue weighted by atomic mass is 15.2. The van der Waals surface area contributed by atoms with Crippen LogP contribution in [0.5, 0.6) is 0 Å². The Hall–Kier alpha value is -20.5. The van der Waals surface area contributed by atoms with Crippen molar-refractivity contribution < 1.29 is 41.1 Å². The normalized spacial score (nSPS) is 14.4. The minimum atomic E-state index is -0.609. The van der Waals surface area contributed by atoms with Crippen LogP contribution in [0, 0.1) is 0 Å². The van der Waals surface area contributed by atoms with Gasteiger partial charge in [0, 0.05) is 115 Å². The van der Waals surface area contributed by atoms with Gasteiger partial charge in [0.25, 0.3) is 0 Å². The molecule has 0 spiro atoms. The Bertz CT molecular complexity index is 12100. The first-order valence-corrected chi connectivity index (χ1v) is 47.9. The average molecular weight is 1950 g/mol. The van der Waals surface area contributed by atoms with Crippen LogP contribution in [-0.2, 0) is 0 Å². The molecule has 0 fully saturated rings. The third-order valence-corrected chi connectivity index (χ3v) is 26.9. The van der Waals surface area contributed by atoms with E-state index in [0.29, 0.717) is 33.1 Å². The fourth-order valence-electron chi connectivity index (χ4n) is 20.4. The molecular formula is C135H87N15. The van der Waals surface area contributed by atoms with E-state index in [1.807, 2.05) is 200 Å². The number of benzene rings is 21. The van der Waals surface area contributed by atoms with E-state index >= 15 is 0 Å². The monoisotopic (exact) mass is 1950 g/mol. The van der Waals surface area contributed by atoms with E-state index in [2.05, 4.69) is 174 Å². The second-order valence-electron chi connectivity index (χ2n) is 35.3. The van der Waals surface area contributed by atoms with Crippen molar-refractivity contribution in [1.29, 1.82) is 0 Å². The molecule has 0 bridgehead atoms. The van der Waals surface area contributed by atoms with E-state index < -0.39 is 181 Å². The van der Waals surface area contributed by atoms with Crippen LogP contribution < -0.4 is 0 Å². The Morgan fingerprint density at radius 3 is 0.693 bits per heavy atom. The van der Waals surface area contributed by atoms with Crippen LogP contribution in [0.15, 0.2) is 527 Å². The largest absolute Gasteiger partial charge is 0.309 e. The predicted octanol–water partition coefficient (Wildman–Crippen LogP) is 33.2. The predicted molar refractivity (Wildman–Crippen MR) is 614 cm³/mol. The van der Waals surface area contributed by atoms with Gasteiger partial charge in [-0.25, -0.2) is 15.0 Å². The number of para-hydroxylation sites is 7. The number of fused-ring (bicyclic) bond motifs is 18. The maximum absolute atomic E-state index is 8.81. The van der Waals surface area contributed by atoms with Crippen molar-refractivity contribution in [1.82, 2.24) is 72.3 Å². The maximum atomic E-state index is 8.81. The molecule has 0 saturated heterocycles. The Morgan fingerprint density at radius 2 is 0.373 bits per heavy atom. The first-order chi connectivity index (χ1) is 86.8. The van der Waals surface area contributed by atoms with Crippen molar-refractivity contribution in [2.75, 3.05) is 0 Å². The van der Waals surface area contributed by atoms with Gasteiger partial charge in [0.05, 0.1) is 113 Å². The van der Waals surface area contributed by atoms with Gasteiger partial charge in [0.2, 0.25) is 17.8 Å². The number of hydrogen-bond acceptors (Lipinski definition) is 9. The third kappa shape index (κ3) is 15.3.